The summed E-state index contributed by atoms with van der Waals surface area (Å²) in [5, 5.41) is 0.221. The van der Waals surface area contributed by atoms with Crippen LogP contribution in [-0.4, -0.2) is 30.1 Å². The van der Waals surface area contributed by atoms with Crippen molar-refractivity contribution in [1.29, 1.82) is 0 Å². The maximum atomic E-state index is 14.2. The minimum atomic E-state index is -0.787. The Balaban J connectivity index is 1.84. The first kappa shape index (κ1) is 20.7. The van der Waals surface area contributed by atoms with Crippen molar-refractivity contribution in [3.8, 4) is 11.5 Å². The Bertz CT molecular complexity index is 1250. The van der Waals surface area contributed by atoms with Gasteiger partial charge in [0.15, 0.2) is 10.9 Å². The van der Waals surface area contributed by atoms with Gasteiger partial charge >= 0.3 is 0 Å². The average molecular weight is 441 g/mol. The molecular formula is C22H17F2N3O3S. The Hall–Kier alpha value is -3.59. The summed E-state index contributed by atoms with van der Waals surface area (Å²) >= 11 is 1.02. The van der Waals surface area contributed by atoms with Crippen LogP contribution in [0.15, 0.2) is 54.9 Å². The minimum absolute atomic E-state index is 0.00277. The number of thiazole rings is 1. The molecule has 0 aliphatic rings. The molecule has 0 saturated heterocycles. The summed E-state index contributed by atoms with van der Waals surface area (Å²) in [5.41, 5.74) is 0.989. The molecule has 9 heteroatoms. The van der Waals surface area contributed by atoms with Crippen LogP contribution in [0.2, 0.25) is 0 Å². The van der Waals surface area contributed by atoms with E-state index in [1.807, 2.05) is 6.07 Å². The normalized spacial score (nSPS) is 10.8. The number of nitrogens with zero attached hydrogens (tertiary/aromatic N) is 3. The molecule has 0 atom stereocenters. The molecule has 158 valence electrons. The number of carbonyl (C=O) groups is 1. The molecule has 0 unspecified atom stereocenters. The predicted octanol–water partition coefficient (Wildman–Crippen LogP) is 4.83. The second-order valence-electron chi connectivity index (χ2n) is 6.55. The van der Waals surface area contributed by atoms with E-state index in [0.29, 0.717) is 16.2 Å². The lowest BCUT2D eigenvalue weighted by Gasteiger charge is -2.21. The Morgan fingerprint density at radius 3 is 2.68 bits per heavy atom. The highest BCUT2D eigenvalue weighted by Gasteiger charge is 2.26. The van der Waals surface area contributed by atoms with E-state index in [9.17, 15) is 13.6 Å². The van der Waals surface area contributed by atoms with E-state index in [2.05, 4.69) is 9.97 Å². The third-order valence-electron chi connectivity index (χ3n) is 4.58. The molecule has 0 radical (unpaired) electrons. The molecule has 0 aliphatic heterocycles. The van der Waals surface area contributed by atoms with Crippen molar-refractivity contribution in [2.24, 2.45) is 0 Å². The highest BCUT2D eigenvalue weighted by molar-refractivity contribution is 7.22. The van der Waals surface area contributed by atoms with Gasteiger partial charge in [0.2, 0.25) is 0 Å². The number of benzene rings is 2. The van der Waals surface area contributed by atoms with Crippen molar-refractivity contribution in [2.75, 3.05) is 19.1 Å². The zero-order valence-electron chi connectivity index (χ0n) is 16.6. The lowest BCUT2D eigenvalue weighted by molar-refractivity contribution is 0.0981. The van der Waals surface area contributed by atoms with Gasteiger partial charge in [-0.15, -0.1) is 0 Å². The number of anilines is 1. The Kier molecular flexibility index (Phi) is 5.77. The summed E-state index contributed by atoms with van der Waals surface area (Å²) in [6.45, 7) is 0.122. The average Bonchev–Trinajstić information content (AvgIpc) is 3.21. The summed E-state index contributed by atoms with van der Waals surface area (Å²) in [7, 11) is 2.95. The molecule has 2 aromatic carbocycles. The van der Waals surface area contributed by atoms with Crippen molar-refractivity contribution >= 4 is 32.6 Å². The standard InChI is InChI=1S/C22H17F2N3O3S/c1-29-15-5-6-18(30-2)16(10-15)21(28)27(12-13-4-3-7-25-11-13)22-26-20-17(24)8-14(23)9-19(20)31-22/h3-11H,12H2,1-2H3. The van der Waals surface area contributed by atoms with Crippen LogP contribution in [0, 0.1) is 11.6 Å². The monoisotopic (exact) mass is 441 g/mol. The molecule has 4 rings (SSSR count). The molecule has 0 aliphatic carbocycles. The first-order valence-corrected chi connectivity index (χ1v) is 10.00. The molecule has 2 heterocycles. The van der Waals surface area contributed by atoms with Crippen LogP contribution in [0.1, 0.15) is 15.9 Å². The van der Waals surface area contributed by atoms with Crippen molar-refractivity contribution in [1.82, 2.24) is 9.97 Å². The topological polar surface area (TPSA) is 64.6 Å². The van der Waals surface area contributed by atoms with Gasteiger partial charge in [0, 0.05) is 18.5 Å². The molecule has 31 heavy (non-hydrogen) atoms. The van der Waals surface area contributed by atoms with Crippen LogP contribution >= 0.6 is 11.3 Å². The number of hydrogen-bond acceptors (Lipinski definition) is 6. The largest absolute Gasteiger partial charge is 0.497 e. The molecule has 0 bridgehead atoms. The number of aromatic nitrogens is 2. The molecular weight excluding hydrogens is 424 g/mol. The second kappa shape index (κ2) is 8.65. The van der Waals surface area contributed by atoms with E-state index in [4.69, 9.17) is 9.47 Å². The van der Waals surface area contributed by atoms with Gasteiger partial charge in [-0.25, -0.2) is 13.8 Å². The van der Waals surface area contributed by atoms with E-state index >= 15 is 0 Å². The number of rotatable bonds is 6. The SMILES string of the molecule is COc1ccc(OC)c(C(=O)N(Cc2cccnc2)c2nc3c(F)cc(F)cc3s2)c1. The maximum Gasteiger partial charge on any atom is 0.264 e. The number of fused-ring (bicyclic) bond motifs is 1. The zero-order chi connectivity index (χ0) is 22.0. The first-order valence-electron chi connectivity index (χ1n) is 9.18. The van der Waals surface area contributed by atoms with E-state index < -0.39 is 17.5 Å². The van der Waals surface area contributed by atoms with Crippen LogP contribution < -0.4 is 14.4 Å². The number of ether oxygens (including phenoxy) is 2. The van der Waals surface area contributed by atoms with Gasteiger partial charge < -0.3 is 9.47 Å². The maximum absolute atomic E-state index is 14.2. The van der Waals surface area contributed by atoms with Gasteiger partial charge in [-0.3, -0.25) is 14.7 Å². The van der Waals surface area contributed by atoms with Gasteiger partial charge in [0.25, 0.3) is 5.91 Å². The van der Waals surface area contributed by atoms with E-state index in [0.717, 1.165) is 23.0 Å². The number of pyridine rings is 1. The van der Waals surface area contributed by atoms with E-state index in [1.54, 1.807) is 36.7 Å². The Labute approximate surface area is 180 Å². The summed E-state index contributed by atoms with van der Waals surface area (Å²) in [6.07, 6.45) is 3.24. The van der Waals surface area contributed by atoms with Gasteiger partial charge in [0.05, 0.1) is 31.0 Å². The van der Waals surface area contributed by atoms with E-state index in [1.165, 1.54) is 25.2 Å². The number of hydrogen-bond donors (Lipinski definition) is 0. The van der Waals surface area contributed by atoms with Crippen molar-refractivity contribution in [3.63, 3.8) is 0 Å². The van der Waals surface area contributed by atoms with Gasteiger partial charge in [-0.2, -0.15) is 0 Å². The fourth-order valence-corrected chi connectivity index (χ4v) is 4.09. The summed E-state index contributed by atoms with van der Waals surface area (Å²) in [5.74, 6) is -1.10. The molecule has 0 spiro atoms. The zero-order valence-corrected chi connectivity index (χ0v) is 17.5. The molecule has 2 aromatic heterocycles. The third-order valence-corrected chi connectivity index (χ3v) is 5.60. The van der Waals surface area contributed by atoms with Crippen LogP contribution in [-0.2, 0) is 6.54 Å². The molecule has 6 nitrogen and oxygen atoms in total. The number of carbonyl (C=O) groups excluding carboxylic acids is 1. The summed E-state index contributed by atoms with van der Waals surface area (Å²) < 4.78 is 38.8. The van der Waals surface area contributed by atoms with Crippen molar-refractivity contribution < 1.29 is 23.0 Å². The van der Waals surface area contributed by atoms with Crippen molar-refractivity contribution in [3.05, 3.63) is 77.6 Å². The molecule has 4 aromatic rings. The smallest absolute Gasteiger partial charge is 0.264 e. The fourth-order valence-electron chi connectivity index (χ4n) is 3.09. The van der Waals surface area contributed by atoms with E-state index in [-0.39, 0.29) is 22.8 Å². The first-order chi connectivity index (χ1) is 15.0. The number of amides is 1. The second-order valence-corrected chi connectivity index (χ2v) is 7.56. The summed E-state index contributed by atoms with van der Waals surface area (Å²) in [6, 6.07) is 10.4. The summed E-state index contributed by atoms with van der Waals surface area (Å²) in [4.78, 5) is 23.3. The molecule has 0 fully saturated rings. The lowest BCUT2D eigenvalue weighted by atomic mass is 10.1. The quantitative estimate of drug-likeness (QED) is 0.429. The van der Waals surface area contributed by atoms with Gasteiger partial charge in [-0.1, -0.05) is 17.4 Å². The highest BCUT2D eigenvalue weighted by Crippen LogP contribution is 2.34. The number of halogens is 2. The van der Waals surface area contributed by atoms with Crippen LogP contribution in [0.5, 0.6) is 11.5 Å². The van der Waals surface area contributed by atoms with Crippen LogP contribution in [0.3, 0.4) is 0 Å². The van der Waals surface area contributed by atoms with Gasteiger partial charge in [-0.05, 0) is 35.9 Å². The lowest BCUT2D eigenvalue weighted by Crippen LogP contribution is -2.30. The Morgan fingerprint density at radius 2 is 1.97 bits per heavy atom. The van der Waals surface area contributed by atoms with Gasteiger partial charge in [0.1, 0.15) is 22.8 Å². The Morgan fingerprint density at radius 1 is 1.13 bits per heavy atom. The molecule has 0 N–H and O–H groups in total. The number of methoxy groups -OCH3 is 2. The third kappa shape index (κ3) is 4.17. The van der Waals surface area contributed by atoms with Crippen LogP contribution in [0.25, 0.3) is 10.2 Å². The van der Waals surface area contributed by atoms with Crippen LogP contribution in [0.4, 0.5) is 13.9 Å². The fraction of sp³-hybridized carbons (Fsp3) is 0.136. The minimum Gasteiger partial charge on any atom is -0.497 e. The van der Waals surface area contributed by atoms with Crippen molar-refractivity contribution in [2.45, 2.75) is 6.54 Å². The molecule has 1 amide bonds. The predicted molar refractivity (Wildman–Crippen MR) is 114 cm³/mol. The highest BCUT2D eigenvalue weighted by atomic mass is 32.1. The molecule has 0 saturated carbocycles.